The van der Waals surface area contributed by atoms with E-state index in [0.717, 1.165) is 16.9 Å². The summed E-state index contributed by atoms with van der Waals surface area (Å²) in [6, 6.07) is 7.73. The number of carbonyl (C=O) groups is 1. The van der Waals surface area contributed by atoms with Crippen LogP contribution < -0.4 is 5.32 Å². The average Bonchev–Trinajstić information content (AvgIpc) is 2.65. The second-order valence-electron chi connectivity index (χ2n) is 4.62. The van der Waals surface area contributed by atoms with E-state index in [-0.39, 0.29) is 0 Å². The van der Waals surface area contributed by atoms with E-state index >= 15 is 0 Å². The number of benzene rings is 1. The molecule has 1 heterocycles. The number of aromatic nitrogens is 2. The van der Waals surface area contributed by atoms with E-state index in [9.17, 15) is 9.90 Å². The third-order valence-corrected chi connectivity index (χ3v) is 3.34. The van der Waals surface area contributed by atoms with E-state index in [1.165, 1.54) is 0 Å². The smallest absolute Gasteiger partial charge is 0.325 e. The number of aliphatic carboxylic acids is 1. The number of para-hydroxylation sites is 2. The van der Waals surface area contributed by atoms with Crippen molar-refractivity contribution in [1.29, 1.82) is 0 Å². The molecule has 2 N–H and O–H groups in total. The number of nitrogens with zero attached hydrogens (tertiary/aromatic N) is 2. The second-order valence-corrected chi connectivity index (χ2v) is 4.62. The molecule has 0 saturated heterocycles. The number of imidazole rings is 1. The topological polar surface area (TPSA) is 67.2 Å². The van der Waals surface area contributed by atoms with Gasteiger partial charge in [0.05, 0.1) is 17.6 Å². The molecule has 0 aliphatic heterocycles. The molecule has 18 heavy (non-hydrogen) atoms. The van der Waals surface area contributed by atoms with Gasteiger partial charge in [0.2, 0.25) is 0 Å². The van der Waals surface area contributed by atoms with Crippen molar-refractivity contribution in [3.8, 4) is 0 Å². The molecule has 0 aliphatic carbocycles. The predicted octanol–water partition coefficient (Wildman–Crippen LogP) is 1.41. The van der Waals surface area contributed by atoms with Crippen molar-refractivity contribution in [2.75, 3.05) is 7.05 Å². The first-order chi connectivity index (χ1) is 8.48. The Morgan fingerprint density at radius 2 is 2.17 bits per heavy atom. The molecule has 96 valence electrons. The minimum absolute atomic E-state index is 0.338. The number of aryl methyl sites for hydroxylation is 1. The second kappa shape index (κ2) is 4.42. The highest BCUT2D eigenvalue weighted by Gasteiger charge is 2.32. The minimum atomic E-state index is -1.01. The van der Waals surface area contributed by atoms with Crippen LogP contribution in [0.1, 0.15) is 12.7 Å². The van der Waals surface area contributed by atoms with Gasteiger partial charge in [-0.05, 0) is 33.0 Å². The van der Waals surface area contributed by atoms with Gasteiger partial charge in [-0.3, -0.25) is 4.79 Å². The zero-order chi connectivity index (χ0) is 13.3. The average molecular weight is 247 g/mol. The van der Waals surface area contributed by atoms with Gasteiger partial charge in [0.15, 0.2) is 0 Å². The molecule has 0 aliphatic rings. The fourth-order valence-electron chi connectivity index (χ4n) is 1.97. The number of rotatable bonds is 4. The van der Waals surface area contributed by atoms with Crippen LogP contribution in [0, 0.1) is 6.92 Å². The number of fused-ring (bicyclic) bond motifs is 1. The molecule has 2 rings (SSSR count). The van der Waals surface area contributed by atoms with E-state index in [1.54, 1.807) is 14.0 Å². The van der Waals surface area contributed by atoms with Crippen LogP contribution in [-0.4, -0.2) is 33.2 Å². The molecule has 0 fully saturated rings. The monoisotopic (exact) mass is 247 g/mol. The molecule has 0 amide bonds. The zero-order valence-corrected chi connectivity index (χ0v) is 10.8. The molecule has 5 heteroatoms. The molecule has 0 radical (unpaired) electrons. The van der Waals surface area contributed by atoms with Crippen LogP contribution in [-0.2, 0) is 11.3 Å². The Balaban J connectivity index is 2.49. The number of carboxylic acid groups (broad SMARTS) is 1. The lowest BCUT2D eigenvalue weighted by Gasteiger charge is -2.25. The van der Waals surface area contributed by atoms with Gasteiger partial charge >= 0.3 is 5.97 Å². The molecular weight excluding hydrogens is 230 g/mol. The first-order valence-corrected chi connectivity index (χ1v) is 5.82. The minimum Gasteiger partial charge on any atom is -0.480 e. The molecule has 1 atom stereocenters. The van der Waals surface area contributed by atoms with Gasteiger partial charge in [-0.2, -0.15) is 0 Å². The zero-order valence-electron chi connectivity index (χ0n) is 10.8. The van der Waals surface area contributed by atoms with Crippen LogP contribution in [0.3, 0.4) is 0 Å². The standard InChI is InChI=1S/C13H17N3O2/c1-9-15-10-6-4-5-7-11(10)16(9)8-13(2,14-3)12(17)18/h4-7,14H,8H2,1-3H3,(H,17,18). The van der Waals surface area contributed by atoms with Crippen molar-refractivity contribution in [2.45, 2.75) is 25.9 Å². The van der Waals surface area contributed by atoms with E-state index < -0.39 is 11.5 Å². The highest BCUT2D eigenvalue weighted by atomic mass is 16.4. The molecule has 2 aromatic rings. The van der Waals surface area contributed by atoms with Crippen molar-refractivity contribution in [3.63, 3.8) is 0 Å². The number of hydrogen-bond acceptors (Lipinski definition) is 3. The third-order valence-electron chi connectivity index (χ3n) is 3.34. The van der Waals surface area contributed by atoms with Crippen LogP contribution in [0.25, 0.3) is 11.0 Å². The lowest BCUT2D eigenvalue weighted by Crippen LogP contribution is -2.50. The highest BCUT2D eigenvalue weighted by Crippen LogP contribution is 2.18. The Bertz CT molecular complexity index is 591. The Morgan fingerprint density at radius 1 is 1.50 bits per heavy atom. The molecule has 0 bridgehead atoms. The number of likely N-dealkylation sites (N-methyl/N-ethyl adjacent to an activating group) is 1. The van der Waals surface area contributed by atoms with E-state index in [2.05, 4.69) is 10.3 Å². The Morgan fingerprint density at radius 3 is 2.78 bits per heavy atom. The van der Waals surface area contributed by atoms with Gasteiger partial charge in [0, 0.05) is 0 Å². The predicted molar refractivity (Wildman–Crippen MR) is 69.6 cm³/mol. The molecule has 1 unspecified atom stereocenters. The molecule has 0 saturated carbocycles. The summed E-state index contributed by atoms with van der Waals surface area (Å²) in [4.78, 5) is 15.8. The van der Waals surface area contributed by atoms with E-state index in [4.69, 9.17) is 0 Å². The van der Waals surface area contributed by atoms with Gasteiger partial charge in [-0.15, -0.1) is 0 Å². The summed E-state index contributed by atoms with van der Waals surface area (Å²) in [5, 5.41) is 12.2. The summed E-state index contributed by atoms with van der Waals surface area (Å²) >= 11 is 0. The van der Waals surface area contributed by atoms with Crippen LogP contribution in [0.4, 0.5) is 0 Å². The maximum atomic E-state index is 11.3. The van der Waals surface area contributed by atoms with Crippen LogP contribution in [0.2, 0.25) is 0 Å². The van der Waals surface area contributed by atoms with Gasteiger partial charge in [0.1, 0.15) is 11.4 Å². The summed E-state index contributed by atoms with van der Waals surface area (Å²) in [7, 11) is 1.66. The first-order valence-electron chi connectivity index (χ1n) is 5.82. The van der Waals surface area contributed by atoms with Crippen molar-refractivity contribution < 1.29 is 9.90 Å². The van der Waals surface area contributed by atoms with E-state index in [1.807, 2.05) is 35.8 Å². The van der Waals surface area contributed by atoms with Crippen LogP contribution in [0.5, 0.6) is 0 Å². The molecule has 5 nitrogen and oxygen atoms in total. The lowest BCUT2D eigenvalue weighted by atomic mass is 10.0. The number of hydrogen-bond donors (Lipinski definition) is 2. The molecule has 0 spiro atoms. The van der Waals surface area contributed by atoms with Crippen molar-refractivity contribution >= 4 is 17.0 Å². The SMILES string of the molecule is CNC(C)(Cn1c(C)nc2ccccc21)C(=O)O. The number of nitrogens with one attached hydrogen (secondary N) is 1. The summed E-state index contributed by atoms with van der Waals surface area (Å²) in [6.45, 7) is 3.90. The Labute approximate surface area is 105 Å². The largest absolute Gasteiger partial charge is 0.480 e. The highest BCUT2D eigenvalue weighted by molar-refractivity contribution is 5.79. The van der Waals surface area contributed by atoms with Crippen molar-refractivity contribution in [3.05, 3.63) is 30.1 Å². The number of carboxylic acids is 1. The van der Waals surface area contributed by atoms with Crippen molar-refractivity contribution in [1.82, 2.24) is 14.9 Å². The van der Waals surface area contributed by atoms with Crippen LogP contribution in [0.15, 0.2) is 24.3 Å². The van der Waals surface area contributed by atoms with Crippen molar-refractivity contribution in [2.24, 2.45) is 0 Å². The fraction of sp³-hybridized carbons (Fsp3) is 0.385. The van der Waals surface area contributed by atoms with Gasteiger partial charge in [-0.25, -0.2) is 4.98 Å². The normalized spacial score (nSPS) is 14.6. The summed E-state index contributed by atoms with van der Waals surface area (Å²) < 4.78 is 1.93. The quantitative estimate of drug-likeness (QED) is 0.857. The molecule has 1 aromatic heterocycles. The van der Waals surface area contributed by atoms with Gasteiger partial charge in [0.25, 0.3) is 0 Å². The summed E-state index contributed by atoms with van der Waals surface area (Å²) in [6.07, 6.45) is 0. The fourth-order valence-corrected chi connectivity index (χ4v) is 1.97. The Kier molecular flexibility index (Phi) is 3.09. The van der Waals surface area contributed by atoms with Crippen LogP contribution >= 0.6 is 0 Å². The maximum Gasteiger partial charge on any atom is 0.325 e. The summed E-state index contributed by atoms with van der Waals surface area (Å²) in [5.41, 5.74) is 0.838. The summed E-state index contributed by atoms with van der Waals surface area (Å²) in [5.74, 6) is -0.0545. The van der Waals surface area contributed by atoms with Gasteiger partial charge < -0.3 is 15.0 Å². The van der Waals surface area contributed by atoms with Gasteiger partial charge in [-0.1, -0.05) is 12.1 Å². The van der Waals surface area contributed by atoms with E-state index in [0.29, 0.717) is 6.54 Å². The third kappa shape index (κ3) is 1.97. The molecule has 1 aromatic carbocycles. The lowest BCUT2D eigenvalue weighted by molar-refractivity contribution is -0.144. The maximum absolute atomic E-state index is 11.3. The molecular formula is C13H17N3O2. The Hall–Kier alpha value is -1.88. The first kappa shape index (κ1) is 12.6.